The summed E-state index contributed by atoms with van der Waals surface area (Å²) in [7, 11) is 1.29. The molecule has 2 heterocycles. The summed E-state index contributed by atoms with van der Waals surface area (Å²) < 4.78 is 18.0. The van der Waals surface area contributed by atoms with E-state index in [0.29, 0.717) is 38.5 Å². The summed E-state index contributed by atoms with van der Waals surface area (Å²) in [5.74, 6) is -0.409. The number of rotatable bonds is 3. The van der Waals surface area contributed by atoms with Gasteiger partial charge in [-0.05, 0) is 30.2 Å². The first kappa shape index (κ1) is 15.4. The molecular weight excluding hydrogens is 319 g/mol. The van der Waals surface area contributed by atoms with E-state index in [-0.39, 0.29) is 11.4 Å². The van der Waals surface area contributed by atoms with Gasteiger partial charge in [0.25, 0.3) is 5.56 Å². The summed E-state index contributed by atoms with van der Waals surface area (Å²) in [5.41, 5.74) is 0.946. The molecule has 2 aromatic heterocycles. The van der Waals surface area contributed by atoms with Gasteiger partial charge in [-0.25, -0.2) is 14.2 Å². The number of H-pyrrole nitrogens is 1. The minimum absolute atomic E-state index is 0.299. The van der Waals surface area contributed by atoms with E-state index in [0.717, 1.165) is 11.3 Å². The van der Waals surface area contributed by atoms with Crippen LogP contribution in [0.15, 0.2) is 29.1 Å². The van der Waals surface area contributed by atoms with E-state index in [9.17, 15) is 14.0 Å². The van der Waals surface area contributed by atoms with Crippen LogP contribution in [-0.4, -0.2) is 23.0 Å². The number of aromatic nitrogens is 2. The monoisotopic (exact) mass is 332 g/mol. The Hall–Kier alpha value is -2.54. The zero-order chi connectivity index (χ0) is 16.6. The third-order valence-electron chi connectivity index (χ3n) is 3.48. The van der Waals surface area contributed by atoms with Crippen LogP contribution in [0.2, 0.25) is 0 Å². The van der Waals surface area contributed by atoms with Crippen LogP contribution in [0.3, 0.4) is 0 Å². The highest BCUT2D eigenvalue weighted by molar-refractivity contribution is 7.20. The maximum Gasteiger partial charge on any atom is 0.348 e. The Kier molecular flexibility index (Phi) is 3.96. The fraction of sp³-hybridized carbons (Fsp3) is 0.188. The number of thiophene rings is 1. The number of methoxy groups -OCH3 is 1. The quantitative estimate of drug-likeness (QED) is 0.749. The number of hydrogen-bond acceptors (Lipinski definition) is 5. The van der Waals surface area contributed by atoms with Crippen molar-refractivity contribution in [2.24, 2.45) is 0 Å². The normalized spacial score (nSPS) is 10.9. The Morgan fingerprint density at radius 3 is 2.91 bits per heavy atom. The zero-order valence-corrected chi connectivity index (χ0v) is 13.3. The van der Waals surface area contributed by atoms with Crippen molar-refractivity contribution in [2.75, 3.05) is 7.11 Å². The topological polar surface area (TPSA) is 72.0 Å². The predicted molar refractivity (Wildman–Crippen MR) is 85.5 cm³/mol. The van der Waals surface area contributed by atoms with E-state index in [1.807, 2.05) is 0 Å². The van der Waals surface area contributed by atoms with Gasteiger partial charge in [0.05, 0.1) is 12.5 Å². The Morgan fingerprint density at radius 2 is 2.22 bits per heavy atom. The molecule has 0 fully saturated rings. The summed E-state index contributed by atoms with van der Waals surface area (Å²) in [5, 5.41) is 0.387. The van der Waals surface area contributed by atoms with Crippen molar-refractivity contribution in [1.82, 2.24) is 9.97 Å². The number of hydrogen-bond donors (Lipinski definition) is 1. The second kappa shape index (κ2) is 5.92. The Bertz CT molecular complexity index is 962. The van der Waals surface area contributed by atoms with Crippen molar-refractivity contribution in [1.29, 1.82) is 0 Å². The molecule has 1 N–H and O–H groups in total. The number of carbonyl (C=O) groups excluding carboxylic acids is 1. The van der Waals surface area contributed by atoms with Gasteiger partial charge >= 0.3 is 5.97 Å². The summed E-state index contributed by atoms with van der Waals surface area (Å²) >= 11 is 1.12. The molecule has 0 bridgehead atoms. The van der Waals surface area contributed by atoms with Crippen LogP contribution in [0.5, 0.6) is 0 Å². The number of fused-ring (bicyclic) bond motifs is 1. The lowest BCUT2D eigenvalue weighted by Crippen LogP contribution is -2.12. The Labute approximate surface area is 134 Å². The third-order valence-corrected chi connectivity index (χ3v) is 4.65. The molecule has 0 saturated carbocycles. The van der Waals surface area contributed by atoms with Gasteiger partial charge in [-0.3, -0.25) is 4.79 Å². The highest BCUT2D eigenvalue weighted by Gasteiger charge is 2.19. The lowest BCUT2D eigenvalue weighted by Gasteiger charge is -2.02. The minimum Gasteiger partial charge on any atom is -0.465 e. The minimum atomic E-state index is -0.489. The highest BCUT2D eigenvalue weighted by atomic mass is 32.1. The maximum absolute atomic E-state index is 13.2. The van der Waals surface area contributed by atoms with E-state index in [4.69, 9.17) is 4.74 Å². The van der Waals surface area contributed by atoms with Gasteiger partial charge in [0.2, 0.25) is 0 Å². The van der Waals surface area contributed by atoms with Crippen molar-refractivity contribution in [3.63, 3.8) is 0 Å². The van der Waals surface area contributed by atoms with Crippen molar-refractivity contribution in [2.45, 2.75) is 13.3 Å². The van der Waals surface area contributed by atoms with Crippen LogP contribution in [0.4, 0.5) is 4.39 Å². The molecule has 0 aliphatic rings. The van der Waals surface area contributed by atoms with Gasteiger partial charge in [0, 0.05) is 6.42 Å². The summed E-state index contributed by atoms with van der Waals surface area (Å²) in [6.07, 6.45) is 0.299. The lowest BCUT2D eigenvalue weighted by atomic mass is 10.1. The smallest absolute Gasteiger partial charge is 0.348 e. The van der Waals surface area contributed by atoms with Gasteiger partial charge in [-0.2, -0.15) is 0 Å². The van der Waals surface area contributed by atoms with Gasteiger partial charge in [0.15, 0.2) is 0 Å². The molecule has 0 unspecified atom stereocenters. The fourth-order valence-electron chi connectivity index (χ4n) is 2.40. The van der Waals surface area contributed by atoms with E-state index in [1.165, 1.54) is 19.2 Å². The standard InChI is InChI=1S/C16H13FN2O3S/c1-8-12-14(20)18-11(7-9-4-3-5-10(17)6-9)19-15(12)23-13(8)16(21)22-2/h3-6H,7H2,1-2H3,(H,18,19,20). The van der Waals surface area contributed by atoms with Crippen LogP contribution in [0.1, 0.15) is 26.6 Å². The molecule has 5 nitrogen and oxygen atoms in total. The maximum atomic E-state index is 13.2. The number of aryl methyl sites for hydroxylation is 1. The molecule has 0 spiro atoms. The molecule has 0 radical (unpaired) electrons. The van der Waals surface area contributed by atoms with E-state index >= 15 is 0 Å². The van der Waals surface area contributed by atoms with Crippen LogP contribution in [-0.2, 0) is 11.2 Å². The number of nitrogens with zero attached hydrogens (tertiary/aromatic N) is 1. The molecule has 0 aliphatic heterocycles. The number of benzene rings is 1. The SMILES string of the molecule is COC(=O)c1sc2nc(Cc3cccc(F)c3)[nH]c(=O)c2c1C. The van der Waals surface area contributed by atoms with Crippen molar-refractivity contribution in [3.05, 3.63) is 62.3 Å². The largest absolute Gasteiger partial charge is 0.465 e. The molecule has 1 aromatic carbocycles. The molecule has 0 aliphatic carbocycles. The lowest BCUT2D eigenvalue weighted by molar-refractivity contribution is 0.0605. The average Bonchev–Trinajstić information content (AvgIpc) is 2.84. The van der Waals surface area contributed by atoms with Crippen LogP contribution in [0.25, 0.3) is 10.2 Å². The third kappa shape index (κ3) is 2.87. The Balaban J connectivity index is 2.07. The fourth-order valence-corrected chi connectivity index (χ4v) is 3.52. The number of ether oxygens (including phenoxy) is 1. The van der Waals surface area contributed by atoms with Crippen LogP contribution >= 0.6 is 11.3 Å². The average molecular weight is 332 g/mol. The second-order valence-corrected chi connectivity index (χ2v) is 6.05. The first-order chi connectivity index (χ1) is 11.0. The molecular formula is C16H13FN2O3S. The first-order valence-corrected chi connectivity index (χ1v) is 7.66. The van der Waals surface area contributed by atoms with Gasteiger partial charge < -0.3 is 9.72 Å². The summed E-state index contributed by atoms with van der Waals surface area (Å²) in [6, 6.07) is 6.11. The van der Waals surface area contributed by atoms with Gasteiger partial charge in [-0.1, -0.05) is 12.1 Å². The molecule has 23 heavy (non-hydrogen) atoms. The van der Waals surface area contributed by atoms with Gasteiger partial charge in [-0.15, -0.1) is 11.3 Å². The van der Waals surface area contributed by atoms with Gasteiger partial charge in [0.1, 0.15) is 21.3 Å². The van der Waals surface area contributed by atoms with Crippen molar-refractivity contribution < 1.29 is 13.9 Å². The predicted octanol–water partition coefficient (Wildman–Crippen LogP) is 2.81. The second-order valence-electron chi connectivity index (χ2n) is 5.05. The van der Waals surface area contributed by atoms with Crippen molar-refractivity contribution in [3.8, 4) is 0 Å². The number of aromatic amines is 1. The Morgan fingerprint density at radius 1 is 1.43 bits per heavy atom. The molecule has 0 saturated heterocycles. The molecule has 118 valence electrons. The van der Waals surface area contributed by atoms with Crippen LogP contribution in [0, 0.1) is 12.7 Å². The van der Waals surface area contributed by atoms with Crippen molar-refractivity contribution >= 4 is 27.5 Å². The van der Waals surface area contributed by atoms with E-state index in [1.54, 1.807) is 19.1 Å². The molecule has 0 atom stereocenters. The number of nitrogens with one attached hydrogen (secondary N) is 1. The summed E-state index contributed by atoms with van der Waals surface area (Å²) in [4.78, 5) is 31.9. The van der Waals surface area contributed by atoms with E-state index < -0.39 is 5.97 Å². The zero-order valence-electron chi connectivity index (χ0n) is 12.5. The molecule has 0 amide bonds. The molecule has 7 heteroatoms. The molecule has 3 rings (SSSR count). The van der Waals surface area contributed by atoms with Crippen LogP contribution < -0.4 is 5.56 Å². The highest BCUT2D eigenvalue weighted by Crippen LogP contribution is 2.27. The number of esters is 1. The summed E-state index contributed by atoms with van der Waals surface area (Å²) in [6.45, 7) is 1.69. The van der Waals surface area contributed by atoms with E-state index in [2.05, 4.69) is 9.97 Å². The number of carbonyl (C=O) groups is 1. The number of halogens is 1. The molecule has 3 aromatic rings. The first-order valence-electron chi connectivity index (χ1n) is 6.84.